The Morgan fingerprint density at radius 1 is 1.11 bits per heavy atom. The van der Waals surface area contributed by atoms with Crippen LogP contribution in [0.3, 0.4) is 0 Å². The Balaban J connectivity index is 2.55. The zero-order valence-electron chi connectivity index (χ0n) is 15.4. The number of halogens is 3. The van der Waals surface area contributed by atoms with E-state index in [-0.39, 0.29) is 49.9 Å². The molecule has 1 saturated heterocycles. The van der Waals surface area contributed by atoms with Crippen molar-refractivity contribution in [3.63, 3.8) is 0 Å². The van der Waals surface area contributed by atoms with Crippen LogP contribution in [0.15, 0.2) is 4.99 Å². The van der Waals surface area contributed by atoms with Crippen molar-refractivity contribution in [3.05, 3.63) is 0 Å². The summed E-state index contributed by atoms with van der Waals surface area (Å²) in [6.07, 6.45) is 0.560. The standard InChI is InChI=1S/C14H27F3N4O4S2/c1-3-18-13(19-7-10-26(22,23)4-2)20-11-12-5-8-21(9-6-12)27(24,25)14(15,16)17/h12H,3-11H2,1-2H3,(H2,18,19,20). The number of alkyl halides is 3. The summed E-state index contributed by atoms with van der Waals surface area (Å²) in [6.45, 7) is 4.11. The van der Waals surface area contributed by atoms with Crippen molar-refractivity contribution in [1.82, 2.24) is 14.9 Å². The van der Waals surface area contributed by atoms with Gasteiger partial charge >= 0.3 is 15.5 Å². The van der Waals surface area contributed by atoms with Crippen molar-refractivity contribution in [3.8, 4) is 0 Å². The Kier molecular flexibility index (Phi) is 8.80. The number of rotatable bonds is 8. The Hall–Kier alpha value is -1.08. The average Bonchev–Trinajstić information content (AvgIpc) is 2.59. The van der Waals surface area contributed by atoms with Crippen LogP contribution in [0, 0.1) is 5.92 Å². The van der Waals surface area contributed by atoms with Gasteiger partial charge in [-0.15, -0.1) is 0 Å². The maximum absolute atomic E-state index is 12.6. The first-order valence-corrected chi connectivity index (χ1v) is 12.0. The van der Waals surface area contributed by atoms with E-state index in [0.29, 0.717) is 23.4 Å². The fourth-order valence-corrected chi connectivity index (χ4v) is 4.20. The number of piperidine rings is 1. The highest BCUT2D eigenvalue weighted by Crippen LogP contribution is 2.30. The summed E-state index contributed by atoms with van der Waals surface area (Å²) in [6, 6.07) is 0. The molecule has 0 bridgehead atoms. The normalized spacial score (nSPS) is 18.5. The van der Waals surface area contributed by atoms with E-state index in [1.165, 1.54) is 0 Å². The fourth-order valence-electron chi connectivity index (χ4n) is 2.51. The van der Waals surface area contributed by atoms with Gasteiger partial charge in [0.25, 0.3) is 0 Å². The highest BCUT2D eigenvalue weighted by Gasteiger charge is 2.50. The van der Waals surface area contributed by atoms with Crippen LogP contribution >= 0.6 is 0 Å². The molecule has 0 aromatic rings. The van der Waals surface area contributed by atoms with E-state index in [2.05, 4.69) is 15.6 Å². The fraction of sp³-hybridized carbons (Fsp3) is 0.929. The number of guanidine groups is 1. The lowest BCUT2D eigenvalue weighted by Crippen LogP contribution is -2.45. The zero-order valence-corrected chi connectivity index (χ0v) is 17.1. The van der Waals surface area contributed by atoms with Crippen molar-refractivity contribution in [2.24, 2.45) is 10.9 Å². The summed E-state index contributed by atoms with van der Waals surface area (Å²) in [5, 5.41) is 5.88. The van der Waals surface area contributed by atoms with Gasteiger partial charge in [0.15, 0.2) is 15.8 Å². The van der Waals surface area contributed by atoms with Gasteiger partial charge in [0.2, 0.25) is 0 Å². The second-order valence-corrected chi connectivity index (χ2v) is 10.6. The predicted octanol–water partition coefficient (Wildman–Crippen LogP) is 0.538. The number of nitrogens with one attached hydrogen (secondary N) is 2. The van der Waals surface area contributed by atoms with Gasteiger partial charge in [-0.2, -0.15) is 17.5 Å². The van der Waals surface area contributed by atoms with Crippen molar-refractivity contribution in [2.75, 3.05) is 44.2 Å². The molecule has 0 aliphatic carbocycles. The number of nitrogens with zero attached hydrogens (tertiary/aromatic N) is 2. The molecule has 0 amide bonds. The molecule has 0 unspecified atom stereocenters. The van der Waals surface area contributed by atoms with E-state index >= 15 is 0 Å². The summed E-state index contributed by atoms with van der Waals surface area (Å²) in [5.41, 5.74) is -5.28. The van der Waals surface area contributed by atoms with Crippen LogP contribution in [0.2, 0.25) is 0 Å². The molecule has 0 spiro atoms. The van der Waals surface area contributed by atoms with Crippen LogP contribution in [0.5, 0.6) is 0 Å². The minimum absolute atomic E-state index is 0.0262. The molecular formula is C14H27F3N4O4S2. The largest absolute Gasteiger partial charge is 0.511 e. The molecule has 1 aliphatic rings. The van der Waals surface area contributed by atoms with E-state index < -0.39 is 25.4 Å². The van der Waals surface area contributed by atoms with Gasteiger partial charge in [-0.25, -0.2) is 16.8 Å². The van der Waals surface area contributed by atoms with Gasteiger partial charge in [0, 0.05) is 38.5 Å². The van der Waals surface area contributed by atoms with E-state index in [1.807, 2.05) is 6.92 Å². The molecule has 27 heavy (non-hydrogen) atoms. The summed E-state index contributed by atoms with van der Waals surface area (Å²) in [7, 11) is -8.37. The highest BCUT2D eigenvalue weighted by atomic mass is 32.2. The van der Waals surface area contributed by atoms with Crippen LogP contribution in [0.1, 0.15) is 26.7 Å². The van der Waals surface area contributed by atoms with Crippen LogP contribution in [0.4, 0.5) is 13.2 Å². The molecular weight excluding hydrogens is 409 g/mol. The second kappa shape index (κ2) is 9.92. The monoisotopic (exact) mass is 436 g/mol. The van der Waals surface area contributed by atoms with Crippen LogP contribution in [-0.2, 0) is 19.9 Å². The van der Waals surface area contributed by atoms with Crippen LogP contribution < -0.4 is 10.6 Å². The number of hydrogen-bond acceptors (Lipinski definition) is 5. The summed E-state index contributed by atoms with van der Waals surface area (Å²) < 4.78 is 83.9. The second-order valence-electron chi connectivity index (χ2n) is 6.18. The lowest BCUT2D eigenvalue weighted by Gasteiger charge is -2.30. The minimum Gasteiger partial charge on any atom is -0.357 e. The molecule has 1 aliphatic heterocycles. The van der Waals surface area contributed by atoms with Crippen molar-refractivity contribution >= 4 is 25.8 Å². The Morgan fingerprint density at radius 2 is 1.70 bits per heavy atom. The minimum atomic E-state index is -5.28. The number of sulfonamides is 1. The van der Waals surface area contributed by atoms with Gasteiger partial charge in [0.1, 0.15) is 0 Å². The number of hydrogen-bond donors (Lipinski definition) is 2. The van der Waals surface area contributed by atoms with Crippen molar-refractivity contribution in [2.45, 2.75) is 32.2 Å². The number of sulfone groups is 1. The van der Waals surface area contributed by atoms with Gasteiger partial charge in [-0.1, -0.05) is 6.92 Å². The third kappa shape index (κ3) is 7.45. The maximum atomic E-state index is 12.6. The topological polar surface area (TPSA) is 108 Å². The average molecular weight is 437 g/mol. The van der Waals surface area contributed by atoms with E-state index in [1.54, 1.807) is 6.92 Å². The first kappa shape index (κ1) is 24.0. The highest BCUT2D eigenvalue weighted by molar-refractivity contribution is 7.91. The first-order valence-electron chi connectivity index (χ1n) is 8.72. The van der Waals surface area contributed by atoms with Gasteiger partial charge in [-0.05, 0) is 25.7 Å². The van der Waals surface area contributed by atoms with Gasteiger partial charge in [0.05, 0.1) is 5.75 Å². The van der Waals surface area contributed by atoms with E-state index in [0.717, 1.165) is 0 Å². The molecule has 160 valence electrons. The number of aliphatic imine (C=N–C) groups is 1. The summed E-state index contributed by atoms with van der Waals surface area (Å²) in [4.78, 5) is 4.33. The third-order valence-corrected chi connectivity index (χ3v) is 7.54. The van der Waals surface area contributed by atoms with Crippen molar-refractivity contribution < 1.29 is 30.0 Å². The third-order valence-electron chi connectivity index (χ3n) is 4.20. The lowest BCUT2D eigenvalue weighted by atomic mass is 9.98. The summed E-state index contributed by atoms with van der Waals surface area (Å²) in [5.74, 6) is 0.414. The van der Waals surface area contributed by atoms with E-state index in [4.69, 9.17) is 0 Å². The maximum Gasteiger partial charge on any atom is 0.511 e. The molecule has 0 atom stereocenters. The predicted molar refractivity (Wildman–Crippen MR) is 97.6 cm³/mol. The first-order chi connectivity index (χ1) is 12.4. The molecule has 2 N–H and O–H groups in total. The van der Waals surface area contributed by atoms with Gasteiger partial charge < -0.3 is 10.6 Å². The molecule has 8 nitrogen and oxygen atoms in total. The molecule has 0 saturated carbocycles. The van der Waals surface area contributed by atoms with Gasteiger partial charge in [-0.3, -0.25) is 4.99 Å². The smallest absolute Gasteiger partial charge is 0.357 e. The molecule has 0 aromatic carbocycles. The van der Waals surface area contributed by atoms with Crippen LogP contribution in [0.25, 0.3) is 0 Å². The lowest BCUT2D eigenvalue weighted by molar-refractivity contribution is -0.0496. The Labute approximate surface area is 158 Å². The molecule has 1 rings (SSSR count). The molecule has 1 fully saturated rings. The molecule has 13 heteroatoms. The zero-order chi connectivity index (χ0) is 20.7. The van der Waals surface area contributed by atoms with Crippen molar-refractivity contribution in [1.29, 1.82) is 0 Å². The Bertz CT molecular complexity index is 700. The van der Waals surface area contributed by atoms with E-state index in [9.17, 15) is 30.0 Å². The van der Waals surface area contributed by atoms with Crippen LogP contribution in [-0.4, -0.2) is 76.8 Å². The molecule has 0 aromatic heterocycles. The quantitative estimate of drug-likeness (QED) is 0.425. The Morgan fingerprint density at radius 3 is 2.19 bits per heavy atom. The molecule has 0 radical (unpaired) electrons. The molecule has 1 heterocycles. The summed E-state index contributed by atoms with van der Waals surface area (Å²) >= 11 is 0. The SMILES string of the molecule is CCNC(=NCC1CCN(S(=O)(=O)C(F)(F)F)CC1)NCCS(=O)(=O)CC.